The molecule has 0 saturated heterocycles. The molecule has 1 aliphatic rings. The zero-order valence-corrected chi connectivity index (χ0v) is 15.2. The molecule has 136 valence electrons. The minimum Gasteiger partial charge on any atom is -0.491 e. The predicted octanol–water partition coefficient (Wildman–Crippen LogP) is 4.81. The van der Waals surface area contributed by atoms with Gasteiger partial charge in [0, 0.05) is 6.54 Å². The van der Waals surface area contributed by atoms with Gasteiger partial charge in [-0.3, -0.25) is 0 Å². The van der Waals surface area contributed by atoms with Crippen LogP contribution in [0.5, 0.6) is 5.75 Å². The van der Waals surface area contributed by atoms with E-state index in [0.717, 1.165) is 35.8 Å². The van der Waals surface area contributed by atoms with E-state index in [0.29, 0.717) is 12.5 Å². The molecule has 0 atom stereocenters. The molecule has 0 spiro atoms. The minimum atomic E-state index is 0.699. The number of hydrogen-bond acceptors (Lipinski definition) is 3. The van der Waals surface area contributed by atoms with Gasteiger partial charge in [-0.2, -0.15) is 0 Å². The highest BCUT2D eigenvalue weighted by Gasteiger charge is 2.15. The molecule has 0 aliphatic heterocycles. The Morgan fingerprint density at radius 2 is 1.81 bits per heavy atom. The predicted molar refractivity (Wildman–Crippen MR) is 105 cm³/mol. The first-order chi connectivity index (χ1) is 12.9. The highest BCUT2D eigenvalue weighted by molar-refractivity contribution is 5.81. The van der Waals surface area contributed by atoms with Gasteiger partial charge in [-0.1, -0.05) is 55.7 Å². The SMILES string of the molecule is c1ccc(CNCc2nc3c(OCC4CCCCC4)cccc3[nH]2)cc1. The highest BCUT2D eigenvalue weighted by Crippen LogP contribution is 2.27. The summed E-state index contributed by atoms with van der Waals surface area (Å²) in [4.78, 5) is 8.17. The molecule has 3 aromatic rings. The Morgan fingerprint density at radius 3 is 2.65 bits per heavy atom. The van der Waals surface area contributed by atoms with E-state index in [1.54, 1.807) is 0 Å². The van der Waals surface area contributed by atoms with Gasteiger partial charge in [0.05, 0.1) is 18.7 Å². The molecule has 1 aromatic heterocycles. The molecule has 2 aromatic carbocycles. The lowest BCUT2D eigenvalue weighted by Crippen LogP contribution is -2.15. The number of imidazole rings is 1. The summed E-state index contributed by atoms with van der Waals surface area (Å²) >= 11 is 0. The number of nitrogens with one attached hydrogen (secondary N) is 2. The molecule has 4 heteroatoms. The fourth-order valence-corrected chi connectivity index (χ4v) is 3.74. The van der Waals surface area contributed by atoms with Gasteiger partial charge >= 0.3 is 0 Å². The number of aromatic amines is 1. The van der Waals surface area contributed by atoms with Crippen LogP contribution in [-0.2, 0) is 13.1 Å². The van der Waals surface area contributed by atoms with Crippen LogP contribution in [-0.4, -0.2) is 16.6 Å². The number of benzene rings is 2. The second-order valence-corrected chi connectivity index (χ2v) is 7.24. The summed E-state index contributed by atoms with van der Waals surface area (Å²) in [5.41, 5.74) is 3.27. The van der Waals surface area contributed by atoms with Crippen molar-refractivity contribution in [3.63, 3.8) is 0 Å². The molecule has 1 aliphatic carbocycles. The molecule has 1 heterocycles. The summed E-state index contributed by atoms with van der Waals surface area (Å²) in [5.74, 6) is 2.55. The van der Waals surface area contributed by atoms with Crippen molar-refractivity contribution in [2.24, 2.45) is 5.92 Å². The second-order valence-electron chi connectivity index (χ2n) is 7.24. The van der Waals surface area contributed by atoms with Crippen molar-refractivity contribution in [3.8, 4) is 5.75 Å². The molecule has 0 unspecified atom stereocenters. The van der Waals surface area contributed by atoms with Gasteiger partial charge in [-0.25, -0.2) is 4.98 Å². The summed E-state index contributed by atoms with van der Waals surface area (Å²) in [6.45, 7) is 2.36. The summed E-state index contributed by atoms with van der Waals surface area (Å²) in [6.07, 6.45) is 6.66. The van der Waals surface area contributed by atoms with Crippen molar-refractivity contribution in [2.45, 2.75) is 45.2 Å². The maximum absolute atomic E-state index is 6.14. The quantitative estimate of drug-likeness (QED) is 0.643. The van der Waals surface area contributed by atoms with Gasteiger partial charge < -0.3 is 15.0 Å². The van der Waals surface area contributed by atoms with Crippen molar-refractivity contribution in [1.29, 1.82) is 0 Å². The number of para-hydroxylation sites is 1. The van der Waals surface area contributed by atoms with E-state index in [9.17, 15) is 0 Å². The van der Waals surface area contributed by atoms with E-state index in [1.807, 2.05) is 18.2 Å². The largest absolute Gasteiger partial charge is 0.491 e. The molecule has 1 fully saturated rings. The molecule has 0 bridgehead atoms. The third kappa shape index (κ3) is 4.25. The van der Waals surface area contributed by atoms with Crippen molar-refractivity contribution in [3.05, 3.63) is 59.9 Å². The highest BCUT2D eigenvalue weighted by atomic mass is 16.5. The Morgan fingerprint density at radius 1 is 0.962 bits per heavy atom. The van der Waals surface area contributed by atoms with Crippen molar-refractivity contribution < 1.29 is 4.74 Å². The van der Waals surface area contributed by atoms with Crippen molar-refractivity contribution in [2.75, 3.05) is 6.61 Å². The Labute approximate surface area is 155 Å². The topological polar surface area (TPSA) is 49.9 Å². The molecule has 4 rings (SSSR count). The average molecular weight is 349 g/mol. The Bertz CT molecular complexity index is 822. The van der Waals surface area contributed by atoms with Gasteiger partial charge in [-0.15, -0.1) is 0 Å². The molecule has 0 amide bonds. The van der Waals surface area contributed by atoms with Crippen LogP contribution >= 0.6 is 0 Å². The van der Waals surface area contributed by atoms with Crippen molar-refractivity contribution in [1.82, 2.24) is 15.3 Å². The lowest BCUT2D eigenvalue weighted by Gasteiger charge is -2.21. The van der Waals surface area contributed by atoms with Gasteiger partial charge in [0.15, 0.2) is 0 Å². The minimum absolute atomic E-state index is 0.699. The lowest BCUT2D eigenvalue weighted by atomic mass is 9.90. The Kier molecular flexibility index (Phi) is 5.50. The number of hydrogen-bond donors (Lipinski definition) is 2. The summed E-state index contributed by atoms with van der Waals surface area (Å²) in [5, 5.41) is 3.45. The van der Waals surface area contributed by atoms with Crippen molar-refractivity contribution >= 4 is 11.0 Å². The number of ether oxygens (including phenoxy) is 1. The van der Waals surface area contributed by atoms with E-state index in [4.69, 9.17) is 9.72 Å². The fourth-order valence-electron chi connectivity index (χ4n) is 3.74. The third-order valence-corrected chi connectivity index (χ3v) is 5.19. The van der Waals surface area contributed by atoms with Crippen LogP contribution in [0.15, 0.2) is 48.5 Å². The molecule has 26 heavy (non-hydrogen) atoms. The monoisotopic (exact) mass is 349 g/mol. The van der Waals surface area contributed by atoms with Crippen LogP contribution in [0.3, 0.4) is 0 Å². The van der Waals surface area contributed by atoms with Crippen LogP contribution in [0, 0.1) is 5.92 Å². The van der Waals surface area contributed by atoms with Crippen LogP contribution in [0.2, 0.25) is 0 Å². The average Bonchev–Trinajstić information content (AvgIpc) is 3.11. The molecular weight excluding hydrogens is 322 g/mol. The van der Waals surface area contributed by atoms with E-state index in [2.05, 4.69) is 40.6 Å². The fraction of sp³-hybridized carbons (Fsp3) is 0.409. The number of nitrogens with zero attached hydrogens (tertiary/aromatic N) is 1. The first kappa shape index (κ1) is 17.1. The normalized spacial score (nSPS) is 15.4. The van der Waals surface area contributed by atoms with E-state index in [1.165, 1.54) is 37.7 Å². The van der Waals surface area contributed by atoms with Gasteiger partial charge in [0.2, 0.25) is 0 Å². The molecule has 0 radical (unpaired) electrons. The van der Waals surface area contributed by atoms with Gasteiger partial charge in [-0.05, 0) is 36.5 Å². The maximum Gasteiger partial charge on any atom is 0.147 e. The first-order valence-corrected chi connectivity index (χ1v) is 9.73. The van der Waals surface area contributed by atoms with E-state index < -0.39 is 0 Å². The van der Waals surface area contributed by atoms with Crippen LogP contribution < -0.4 is 10.1 Å². The third-order valence-electron chi connectivity index (χ3n) is 5.19. The summed E-state index contributed by atoms with van der Waals surface area (Å²) in [7, 11) is 0. The molecular formula is C22H27N3O. The zero-order chi connectivity index (χ0) is 17.6. The summed E-state index contributed by atoms with van der Waals surface area (Å²) in [6, 6.07) is 16.6. The van der Waals surface area contributed by atoms with E-state index >= 15 is 0 Å². The second kappa shape index (κ2) is 8.37. The first-order valence-electron chi connectivity index (χ1n) is 9.73. The Hall–Kier alpha value is -2.33. The van der Waals surface area contributed by atoms with Crippen LogP contribution in [0.1, 0.15) is 43.5 Å². The Balaban J connectivity index is 1.38. The lowest BCUT2D eigenvalue weighted by molar-refractivity contribution is 0.210. The van der Waals surface area contributed by atoms with E-state index in [-0.39, 0.29) is 0 Å². The van der Waals surface area contributed by atoms with Gasteiger partial charge in [0.1, 0.15) is 17.1 Å². The van der Waals surface area contributed by atoms with Crippen LogP contribution in [0.25, 0.3) is 11.0 Å². The standard InChI is InChI=1S/C22H27N3O/c1-3-8-17(9-4-1)14-23-15-21-24-19-12-7-13-20(22(19)25-21)26-16-18-10-5-2-6-11-18/h1,3-4,7-9,12-13,18,23H,2,5-6,10-11,14-16H2,(H,24,25). The number of H-pyrrole nitrogens is 1. The van der Waals surface area contributed by atoms with Gasteiger partial charge in [0.25, 0.3) is 0 Å². The van der Waals surface area contributed by atoms with Crippen LogP contribution in [0.4, 0.5) is 0 Å². The number of aromatic nitrogens is 2. The molecule has 1 saturated carbocycles. The molecule has 4 nitrogen and oxygen atoms in total. The molecule has 2 N–H and O–H groups in total. The smallest absolute Gasteiger partial charge is 0.147 e. The maximum atomic E-state index is 6.14. The zero-order valence-electron chi connectivity index (χ0n) is 15.2. The summed E-state index contributed by atoms with van der Waals surface area (Å²) < 4.78 is 6.14. The number of rotatable bonds is 7. The number of fused-ring (bicyclic) bond motifs is 1.